The zero-order chi connectivity index (χ0) is 23.9. The highest BCUT2D eigenvalue weighted by atomic mass is 32.2. The largest absolute Gasteiger partial charge is 0.497 e. The van der Waals surface area contributed by atoms with Crippen LogP contribution in [0.4, 0.5) is 5.69 Å². The van der Waals surface area contributed by atoms with E-state index < -0.39 is 16.6 Å². The number of carbonyl (C=O) groups is 3. The molecule has 32 heavy (non-hydrogen) atoms. The third kappa shape index (κ3) is 6.75. The molecular weight excluding hydrogens is 430 g/mol. The van der Waals surface area contributed by atoms with E-state index in [-0.39, 0.29) is 18.3 Å². The molecule has 2 aromatic carbocycles. The number of amides is 1. The molecule has 0 saturated carbocycles. The summed E-state index contributed by atoms with van der Waals surface area (Å²) in [4.78, 5) is 38.0. The second-order valence-electron chi connectivity index (χ2n) is 8.06. The molecule has 2 aromatic rings. The van der Waals surface area contributed by atoms with E-state index in [1.807, 2.05) is 0 Å². The number of hydrogen-bond acceptors (Lipinski definition) is 7. The number of hydrogen-bond donors (Lipinski definition) is 1. The molecule has 0 saturated heterocycles. The Kier molecular flexibility index (Phi) is 8.72. The molecule has 0 radical (unpaired) electrons. The Hall–Kier alpha value is -3.00. The van der Waals surface area contributed by atoms with Gasteiger partial charge in [0.05, 0.1) is 30.7 Å². The molecule has 0 aromatic heterocycles. The minimum absolute atomic E-state index is 0.170. The van der Waals surface area contributed by atoms with Gasteiger partial charge in [-0.1, -0.05) is 32.9 Å². The smallest absolute Gasteiger partial charge is 0.339 e. The Bertz CT molecular complexity index is 983. The first-order chi connectivity index (χ1) is 15.1. The second-order valence-corrected chi connectivity index (χ2v) is 9.44. The number of Topliss-reactive ketones (excluding diaryl/α,β-unsaturated/α-hetero) is 1. The number of ketones is 1. The lowest BCUT2D eigenvalue weighted by molar-refractivity contribution is -0.129. The van der Waals surface area contributed by atoms with Gasteiger partial charge in [0, 0.05) is 16.4 Å². The van der Waals surface area contributed by atoms with Gasteiger partial charge in [-0.05, 0) is 31.2 Å². The number of rotatable bonds is 9. The van der Waals surface area contributed by atoms with Crippen molar-refractivity contribution in [3.05, 3.63) is 48.0 Å². The third-order valence-electron chi connectivity index (χ3n) is 4.62. The first-order valence-corrected chi connectivity index (χ1v) is 10.9. The zero-order valence-corrected chi connectivity index (χ0v) is 20.0. The van der Waals surface area contributed by atoms with Gasteiger partial charge in [-0.3, -0.25) is 9.59 Å². The fraction of sp³-hybridized carbons (Fsp3) is 0.375. The van der Waals surface area contributed by atoms with Crippen molar-refractivity contribution < 1.29 is 28.6 Å². The van der Waals surface area contributed by atoms with E-state index in [9.17, 15) is 14.4 Å². The van der Waals surface area contributed by atoms with E-state index in [1.165, 1.54) is 26.0 Å². The van der Waals surface area contributed by atoms with Crippen LogP contribution in [0.25, 0.3) is 0 Å². The van der Waals surface area contributed by atoms with Gasteiger partial charge in [0.15, 0.2) is 12.4 Å². The Morgan fingerprint density at radius 1 is 1.03 bits per heavy atom. The van der Waals surface area contributed by atoms with Gasteiger partial charge in [0.1, 0.15) is 11.5 Å². The Morgan fingerprint density at radius 2 is 1.72 bits per heavy atom. The molecule has 0 aliphatic heterocycles. The minimum atomic E-state index is -0.604. The maximum absolute atomic E-state index is 12.8. The lowest BCUT2D eigenvalue weighted by Crippen LogP contribution is -2.26. The molecule has 8 heteroatoms. The van der Waals surface area contributed by atoms with Crippen molar-refractivity contribution in [2.45, 2.75) is 37.8 Å². The number of benzene rings is 2. The summed E-state index contributed by atoms with van der Waals surface area (Å²) in [6.45, 7) is 6.74. The van der Waals surface area contributed by atoms with Gasteiger partial charge in [-0.15, -0.1) is 11.8 Å². The van der Waals surface area contributed by atoms with Crippen molar-refractivity contribution in [1.82, 2.24) is 0 Å². The summed E-state index contributed by atoms with van der Waals surface area (Å²) in [5.41, 5.74) is 0.193. The van der Waals surface area contributed by atoms with Crippen LogP contribution < -0.4 is 14.8 Å². The highest BCUT2D eigenvalue weighted by Gasteiger charge is 2.24. The molecule has 1 N–H and O–H groups in total. The van der Waals surface area contributed by atoms with Crippen LogP contribution in [0.5, 0.6) is 11.5 Å². The van der Waals surface area contributed by atoms with Crippen LogP contribution in [0, 0.1) is 5.41 Å². The van der Waals surface area contributed by atoms with Crippen LogP contribution in [0.3, 0.4) is 0 Å². The fourth-order valence-electron chi connectivity index (χ4n) is 2.55. The lowest BCUT2D eigenvalue weighted by atomic mass is 9.91. The summed E-state index contributed by atoms with van der Waals surface area (Å²) in [7, 11) is 3.05. The SMILES string of the molecule is COc1ccc(OC)c(NC(=O)[C@@H](C)Sc2ccccc2C(=O)OCC(=O)C(C)(C)C)c1. The molecule has 1 amide bonds. The highest BCUT2D eigenvalue weighted by molar-refractivity contribution is 8.00. The third-order valence-corrected chi connectivity index (χ3v) is 5.79. The van der Waals surface area contributed by atoms with E-state index in [4.69, 9.17) is 14.2 Å². The summed E-state index contributed by atoms with van der Waals surface area (Å²) >= 11 is 1.22. The van der Waals surface area contributed by atoms with Crippen molar-refractivity contribution in [1.29, 1.82) is 0 Å². The van der Waals surface area contributed by atoms with Crippen LogP contribution in [0.2, 0.25) is 0 Å². The van der Waals surface area contributed by atoms with Gasteiger partial charge < -0.3 is 19.5 Å². The predicted molar refractivity (Wildman–Crippen MR) is 125 cm³/mol. The molecule has 0 aliphatic rings. The highest BCUT2D eigenvalue weighted by Crippen LogP contribution is 2.32. The molecule has 7 nitrogen and oxygen atoms in total. The number of carbonyl (C=O) groups excluding carboxylic acids is 3. The van der Waals surface area contributed by atoms with Crippen molar-refractivity contribution in [3.63, 3.8) is 0 Å². The van der Waals surface area contributed by atoms with Crippen LogP contribution >= 0.6 is 11.8 Å². The monoisotopic (exact) mass is 459 g/mol. The molecule has 1 atom stereocenters. The van der Waals surface area contributed by atoms with Crippen LogP contribution in [0.1, 0.15) is 38.1 Å². The van der Waals surface area contributed by atoms with Crippen LogP contribution in [0.15, 0.2) is 47.4 Å². The van der Waals surface area contributed by atoms with Crippen LogP contribution in [-0.2, 0) is 14.3 Å². The zero-order valence-electron chi connectivity index (χ0n) is 19.2. The van der Waals surface area contributed by atoms with Gasteiger partial charge in [-0.2, -0.15) is 0 Å². The Balaban J connectivity index is 2.10. The minimum Gasteiger partial charge on any atom is -0.497 e. The van der Waals surface area contributed by atoms with Gasteiger partial charge in [-0.25, -0.2) is 4.79 Å². The number of thioether (sulfide) groups is 1. The number of ether oxygens (including phenoxy) is 3. The van der Waals surface area contributed by atoms with Gasteiger partial charge in [0.25, 0.3) is 0 Å². The Labute approximate surface area is 192 Å². The molecule has 0 heterocycles. The number of nitrogens with one attached hydrogen (secondary N) is 1. The first kappa shape index (κ1) is 25.3. The van der Waals surface area contributed by atoms with E-state index in [1.54, 1.807) is 70.2 Å². The average molecular weight is 460 g/mol. The predicted octanol–water partition coefficient (Wildman–Crippen LogP) is 4.60. The fourth-order valence-corrected chi connectivity index (χ4v) is 3.54. The standard InChI is InChI=1S/C24H29NO6S/c1-15(22(27)25-18-13-16(29-5)11-12-19(18)30-6)32-20-10-8-7-9-17(20)23(28)31-14-21(26)24(2,3)4/h7-13,15H,14H2,1-6H3,(H,25,27)/t15-/m1/s1. The number of esters is 1. The molecule has 0 fully saturated rings. The second kappa shape index (κ2) is 11.0. The van der Waals surface area contributed by atoms with Crippen molar-refractivity contribution in [3.8, 4) is 11.5 Å². The molecular formula is C24H29NO6S. The quantitative estimate of drug-likeness (QED) is 0.433. The maximum atomic E-state index is 12.8. The maximum Gasteiger partial charge on any atom is 0.339 e. The van der Waals surface area contributed by atoms with Crippen molar-refractivity contribution >= 4 is 35.1 Å². The van der Waals surface area contributed by atoms with E-state index >= 15 is 0 Å². The summed E-state index contributed by atoms with van der Waals surface area (Å²) in [6.07, 6.45) is 0. The van der Waals surface area contributed by atoms with Gasteiger partial charge >= 0.3 is 5.97 Å². The molecule has 0 spiro atoms. The molecule has 0 aliphatic carbocycles. The summed E-state index contributed by atoms with van der Waals surface area (Å²) < 4.78 is 15.7. The topological polar surface area (TPSA) is 90.9 Å². The first-order valence-electron chi connectivity index (χ1n) is 10.1. The lowest BCUT2D eigenvalue weighted by Gasteiger charge is -2.17. The van der Waals surface area contributed by atoms with E-state index in [2.05, 4.69) is 5.32 Å². The summed E-state index contributed by atoms with van der Waals surface area (Å²) in [6, 6.07) is 11.9. The van der Waals surface area contributed by atoms with Crippen LogP contribution in [-0.4, -0.2) is 43.7 Å². The normalized spacial score (nSPS) is 11.9. The number of anilines is 1. The molecule has 0 bridgehead atoms. The average Bonchev–Trinajstić information content (AvgIpc) is 2.76. The molecule has 0 unspecified atom stereocenters. The molecule has 2 rings (SSSR count). The van der Waals surface area contributed by atoms with E-state index in [0.717, 1.165) is 0 Å². The summed E-state index contributed by atoms with van der Waals surface area (Å²) in [5.74, 6) is 0.0412. The van der Waals surface area contributed by atoms with Gasteiger partial charge in [0.2, 0.25) is 5.91 Å². The van der Waals surface area contributed by atoms with E-state index in [0.29, 0.717) is 27.6 Å². The van der Waals surface area contributed by atoms with Crippen molar-refractivity contribution in [2.75, 3.05) is 26.1 Å². The van der Waals surface area contributed by atoms with Crippen molar-refractivity contribution in [2.24, 2.45) is 5.41 Å². The molecule has 172 valence electrons. The summed E-state index contributed by atoms with van der Waals surface area (Å²) in [5, 5.41) is 2.30. The number of methoxy groups -OCH3 is 2. The Morgan fingerprint density at radius 3 is 2.34 bits per heavy atom.